The number of hydrogen-bond acceptors (Lipinski definition) is 0. The lowest BCUT2D eigenvalue weighted by Gasteiger charge is -2.12. The van der Waals surface area contributed by atoms with Crippen molar-refractivity contribution in [2.24, 2.45) is 0 Å². The van der Waals surface area contributed by atoms with Gasteiger partial charge in [0.1, 0.15) is 0 Å². The fourth-order valence-electron chi connectivity index (χ4n) is 4.52. The molecule has 0 heterocycles. The maximum Gasteiger partial charge on any atom is -0.00880 e. The lowest BCUT2D eigenvalue weighted by atomic mass is 9.91. The third kappa shape index (κ3) is 2.17. The summed E-state index contributed by atoms with van der Waals surface area (Å²) in [6, 6.07) is 31.3. The average Bonchev–Trinajstić information content (AvgIpc) is 3.21. The Balaban J connectivity index is 1.69. The van der Waals surface area contributed by atoms with E-state index < -0.39 is 0 Å². The zero-order valence-corrected chi connectivity index (χ0v) is 14.9. The molecule has 126 valence electrons. The molecule has 0 unspecified atom stereocenters. The summed E-state index contributed by atoms with van der Waals surface area (Å²) in [5.74, 6) is 0. The molecule has 0 spiro atoms. The van der Waals surface area contributed by atoms with E-state index in [2.05, 4.69) is 97.1 Å². The lowest BCUT2D eigenvalue weighted by Crippen LogP contribution is -1.87. The predicted octanol–water partition coefficient (Wildman–Crippen LogP) is 7.38. The van der Waals surface area contributed by atoms with Gasteiger partial charge in [0, 0.05) is 0 Å². The smallest absolute Gasteiger partial charge is 0.00880 e. The molecule has 0 atom stereocenters. The first kappa shape index (κ1) is 14.8. The molecule has 0 saturated heterocycles. The summed E-state index contributed by atoms with van der Waals surface area (Å²) in [5.41, 5.74) is 5.38. The summed E-state index contributed by atoms with van der Waals surface area (Å²) in [5, 5.41) is 7.98. The van der Waals surface area contributed by atoms with E-state index in [9.17, 15) is 0 Å². The third-order valence-electron chi connectivity index (χ3n) is 5.86. The van der Waals surface area contributed by atoms with Crippen molar-refractivity contribution in [1.82, 2.24) is 0 Å². The number of benzene rings is 5. The van der Waals surface area contributed by atoms with Gasteiger partial charge < -0.3 is 0 Å². The van der Waals surface area contributed by atoms with Gasteiger partial charge in [0.2, 0.25) is 0 Å². The minimum absolute atomic E-state index is 1.05. The topological polar surface area (TPSA) is 0 Å². The van der Waals surface area contributed by atoms with Gasteiger partial charge in [0.05, 0.1) is 0 Å². The SMILES string of the molecule is C1=Cc2ccc(-c3ccc4c5ccccc5c5ccccc5c4c3)cc2C1. The highest BCUT2D eigenvalue weighted by Crippen LogP contribution is 2.37. The lowest BCUT2D eigenvalue weighted by molar-refractivity contribution is 1.31. The Labute approximate surface area is 158 Å². The molecule has 0 fully saturated rings. The fraction of sp³-hybridized carbons (Fsp3) is 0.0370. The molecule has 6 rings (SSSR count). The van der Waals surface area contributed by atoms with Crippen molar-refractivity contribution < 1.29 is 0 Å². The Kier molecular flexibility index (Phi) is 3.04. The highest BCUT2D eigenvalue weighted by Gasteiger charge is 2.11. The molecule has 27 heavy (non-hydrogen) atoms. The van der Waals surface area contributed by atoms with E-state index in [1.54, 1.807) is 0 Å². The van der Waals surface area contributed by atoms with Crippen LogP contribution in [-0.4, -0.2) is 0 Å². The molecule has 0 saturated carbocycles. The molecule has 1 aliphatic rings. The van der Waals surface area contributed by atoms with E-state index in [0.29, 0.717) is 0 Å². The molecule has 1 aliphatic carbocycles. The van der Waals surface area contributed by atoms with Crippen LogP contribution in [0.25, 0.3) is 49.5 Å². The summed E-state index contributed by atoms with van der Waals surface area (Å²) < 4.78 is 0. The molecular formula is C27H18. The molecule has 0 radical (unpaired) electrons. The van der Waals surface area contributed by atoms with Crippen molar-refractivity contribution in [3.8, 4) is 11.1 Å². The van der Waals surface area contributed by atoms with E-state index in [4.69, 9.17) is 0 Å². The van der Waals surface area contributed by atoms with Crippen molar-refractivity contribution in [3.05, 3.63) is 102 Å². The van der Waals surface area contributed by atoms with E-state index in [0.717, 1.165) is 6.42 Å². The molecule has 0 aliphatic heterocycles. The molecule has 0 N–H and O–H groups in total. The van der Waals surface area contributed by atoms with Gasteiger partial charge in [-0.1, -0.05) is 91.0 Å². The van der Waals surface area contributed by atoms with Gasteiger partial charge in [0.15, 0.2) is 0 Å². The first-order chi connectivity index (χ1) is 13.4. The molecule has 5 aromatic carbocycles. The van der Waals surface area contributed by atoms with E-state index in [1.807, 2.05) is 0 Å². The molecule has 0 aromatic heterocycles. The van der Waals surface area contributed by atoms with Crippen LogP contribution in [0.3, 0.4) is 0 Å². The van der Waals surface area contributed by atoms with Crippen LogP contribution in [0.2, 0.25) is 0 Å². The van der Waals surface area contributed by atoms with Gasteiger partial charge in [-0.05, 0) is 67.1 Å². The quantitative estimate of drug-likeness (QED) is 0.279. The van der Waals surface area contributed by atoms with E-state index >= 15 is 0 Å². The molecular weight excluding hydrogens is 324 g/mol. The largest absolute Gasteiger partial charge is 0.0795 e. The minimum Gasteiger partial charge on any atom is -0.0795 e. The van der Waals surface area contributed by atoms with Gasteiger partial charge >= 0.3 is 0 Å². The molecule has 0 bridgehead atoms. The molecule has 0 amide bonds. The summed E-state index contributed by atoms with van der Waals surface area (Å²) in [7, 11) is 0. The zero-order chi connectivity index (χ0) is 17.8. The van der Waals surface area contributed by atoms with Gasteiger partial charge in [0.25, 0.3) is 0 Å². The van der Waals surface area contributed by atoms with Crippen LogP contribution in [0, 0.1) is 0 Å². The number of fused-ring (bicyclic) bond motifs is 7. The Hall–Kier alpha value is -3.38. The maximum atomic E-state index is 2.37. The standard InChI is InChI=1S/C27H18/c1-2-10-24-22(8-1)23-9-3-4-11-25(23)27-17-21(14-15-26(24)27)20-13-12-18-6-5-7-19(18)16-20/h1-6,8-17H,7H2. The molecule has 5 aromatic rings. The van der Waals surface area contributed by atoms with Gasteiger partial charge in [-0.15, -0.1) is 0 Å². The van der Waals surface area contributed by atoms with Crippen LogP contribution < -0.4 is 0 Å². The van der Waals surface area contributed by atoms with Crippen LogP contribution in [0.1, 0.15) is 11.1 Å². The first-order valence-electron chi connectivity index (χ1n) is 9.51. The highest BCUT2D eigenvalue weighted by atomic mass is 14.1. The van der Waals surface area contributed by atoms with Crippen LogP contribution in [0.4, 0.5) is 0 Å². The minimum atomic E-state index is 1.05. The van der Waals surface area contributed by atoms with Crippen molar-refractivity contribution >= 4 is 38.4 Å². The van der Waals surface area contributed by atoms with Gasteiger partial charge in [-0.2, -0.15) is 0 Å². The fourth-order valence-corrected chi connectivity index (χ4v) is 4.52. The van der Waals surface area contributed by atoms with Crippen LogP contribution >= 0.6 is 0 Å². The van der Waals surface area contributed by atoms with Crippen LogP contribution in [-0.2, 0) is 6.42 Å². The third-order valence-corrected chi connectivity index (χ3v) is 5.86. The van der Waals surface area contributed by atoms with Gasteiger partial charge in [-0.3, -0.25) is 0 Å². The monoisotopic (exact) mass is 342 g/mol. The number of rotatable bonds is 1. The second-order valence-electron chi connectivity index (χ2n) is 7.37. The van der Waals surface area contributed by atoms with Gasteiger partial charge in [-0.25, -0.2) is 0 Å². The Morgan fingerprint density at radius 1 is 0.481 bits per heavy atom. The molecule has 0 heteroatoms. The predicted molar refractivity (Wildman–Crippen MR) is 117 cm³/mol. The van der Waals surface area contributed by atoms with Crippen LogP contribution in [0.5, 0.6) is 0 Å². The summed E-state index contributed by atoms with van der Waals surface area (Å²) in [4.78, 5) is 0. The Bertz CT molecular complexity index is 1350. The van der Waals surface area contributed by atoms with Crippen molar-refractivity contribution in [2.75, 3.05) is 0 Å². The molecule has 0 nitrogen and oxygen atoms in total. The second kappa shape index (κ2) is 5.56. The zero-order valence-electron chi connectivity index (χ0n) is 14.9. The first-order valence-corrected chi connectivity index (χ1v) is 9.51. The normalized spacial score (nSPS) is 12.9. The number of allylic oxidation sites excluding steroid dienone is 1. The van der Waals surface area contributed by atoms with Crippen LogP contribution in [0.15, 0.2) is 91.0 Å². The average molecular weight is 342 g/mol. The number of hydrogen-bond donors (Lipinski definition) is 0. The van der Waals surface area contributed by atoms with Crippen molar-refractivity contribution in [2.45, 2.75) is 6.42 Å². The summed E-state index contributed by atoms with van der Waals surface area (Å²) in [6.45, 7) is 0. The van der Waals surface area contributed by atoms with Crippen molar-refractivity contribution in [1.29, 1.82) is 0 Å². The maximum absolute atomic E-state index is 2.37. The highest BCUT2D eigenvalue weighted by molar-refractivity contribution is 6.25. The second-order valence-corrected chi connectivity index (χ2v) is 7.37. The van der Waals surface area contributed by atoms with E-state index in [1.165, 1.54) is 54.6 Å². The van der Waals surface area contributed by atoms with Crippen molar-refractivity contribution in [3.63, 3.8) is 0 Å². The summed E-state index contributed by atoms with van der Waals surface area (Å²) in [6.07, 6.45) is 5.51. The Morgan fingerprint density at radius 2 is 1.04 bits per heavy atom. The Morgan fingerprint density at radius 3 is 1.74 bits per heavy atom. The van der Waals surface area contributed by atoms with E-state index in [-0.39, 0.29) is 0 Å². The summed E-state index contributed by atoms with van der Waals surface area (Å²) >= 11 is 0.